The van der Waals surface area contributed by atoms with E-state index in [1.54, 1.807) is 6.20 Å². The zero-order chi connectivity index (χ0) is 29.3. The van der Waals surface area contributed by atoms with Crippen LogP contribution in [-0.4, -0.2) is 42.0 Å². The van der Waals surface area contributed by atoms with Gasteiger partial charge in [0, 0.05) is 55.1 Å². The molecule has 1 fully saturated rings. The third kappa shape index (κ3) is 5.95. The first kappa shape index (κ1) is 28.1. The number of halogens is 4. The zero-order valence-electron chi connectivity index (χ0n) is 22.9. The molecule has 6 rings (SSSR count). The van der Waals surface area contributed by atoms with Gasteiger partial charge in [-0.2, -0.15) is 13.2 Å². The van der Waals surface area contributed by atoms with E-state index in [0.29, 0.717) is 49.2 Å². The standard InChI is InChI=1S/C33H30ClF3N4O/c34-28-9-10-29(33(35,36)37)27(18-28)21-41-16-13-38-31-30(41)19-26(20-39-31)24-7-4-8-25(17-24)32(42)40-14-11-23(12-15-40)22-5-2-1-3-6-22/h1-10,17-20,23H,11-16,21H2,(H,38,39). The maximum absolute atomic E-state index is 13.7. The van der Waals surface area contributed by atoms with Crippen molar-refractivity contribution in [1.82, 2.24) is 9.88 Å². The molecule has 0 atom stereocenters. The van der Waals surface area contributed by atoms with Crippen LogP contribution in [0.3, 0.4) is 0 Å². The number of amides is 1. The van der Waals surface area contributed by atoms with Crippen molar-refractivity contribution in [2.24, 2.45) is 0 Å². The Labute approximate surface area is 247 Å². The Hall–Kier alpha value is -4.04. The maximum Gasteiger partial charge on any atom is 0.416 e. The molecule has 1 N–H and O–H groups in total. The van der Waals surface area contributed by atoms with Crippen LogP contribution in [0.2, 0.25) is 5.02 Å². The largest absolute Gasteiger partial charge is 0.416 e. The number of alkyl halides is 3. The molecule has 3 aromatic carbocycles. The molecule has 0 unspecified atom stereocenters. The number of pyridine rings is 1. The number of benzene rings is 3. The molecule has 0 spiro atoms. The van der Waals surface area contributed by atoms with Crippen molar-refractivity contribution in [3.63, 3.8) is 0 Å². The van der Waals surface area contributed by atoms with Crippen molar-refractivity contribution in [3.05, 3.63) is 112 Å². The van der Waals surface area contributed by atoms with Gasteiger partial charge >= 0.3 is 6.18 Å². The van der Waals surface area contributed by atoms with Crippen molar-refractivity contribution < 1.29 is 18.0 Å². The average molecular weight is 591 g/mol. The second kappa shape index (κ2) is 11.7. The summed E-state index contributed by atoms with van der Waals surface area (Å²) in [5.74, 6) is 1.06. The summed E-state index contributed by atoms with van der Waals surface area (Å²) in [5, 5.41) is 3.49. The summed E-state index contributed by atoms with van der Waals surface area (Å²) >= 11 is 6.08. The molecule has 0 aliphatic carbocycles. The summed E-state index contributed by atoms with van der Waals surface area (Å²) < 4.78 is 41.2. The molecule has 0 radical (unpaired) electrons. The number of nitrogens with zero attached hydrogens (tertiary/aromatic N) is 3. The van der Waals surface area contributed by atoms with Gasteiger partial charge in [-0.15, -0.1) is 0 Å². The van der Waals surface area contributed by atoms with Crippen LogP contribution in [0.5, 0.6) is 0 Å². The highest BCUT2D eigenvalue weighted by atomic mass is 35.5. The number of rotatable bonds is 5. The molecule has 9 heteroatoms. The van der Waals surface area contributed by atoms with E-state index in [4.69, 9.17) is 11.6 Å². The number of hydrogen-bond acceptors (Lipinski definition) is 4. The minimum atomic E-state index is -4.49. The molecule has 1 aromatic heterocycles. The SMILES string of the molecule is O=C(c1cccc(-c2cnc3c(c2)N(Cc2cc(Cl)ccc2C(F)(F)F)CCN3)c1)N1CCC(c2ccccc2)CC1. The Morgan fingerprint density at radius 3 is 2.48 bits per heavy atom. The van der Waals surface area contributed by atoms with Crippen LogP contribution in [0.25, 0.3) is 11.1 Å². The lowest BCUT2D eigenvalue weighted by molar-refractivity contribution is -0.138. The van der Waals surface area contributed by atoms with E-state index >= 15 is 0 Å². The normalized spacial score (nSPS) is 15.7. The molecule has 1 amide bonds. The fourth-order valence-electron chi connectivity index (χ4n) is 5.91. The minimum absolute atomic E-state index is 0.00166. The molecule has 1 saturated heterocycles. The smallest absolute Gasteiger partial charge is 0.367 e. The van der Waals surface area contributed by atoms with Gasteiger partial charge in [0.15, 0.2) is 0 Å². The highest BCUT2D eigenvalue weighted by Gasteiger charge is 2.34. The fraction of sp³-hybridized carbons (Fsp3) is 0.273. The summed E-state index contributed by atoms with van der Waals surface area (Å²) in [5.41, 5.74) is 3.63. The number of piperidine rings is 1. The molecule has 4 aromatic rings. The van der Waals surface area contributed by atoms with Crippen LogP contribution in [0.15, 0.2) is 85.1 Å². The quantitative estimate of drug-likeness (QED) is 0.257. The maximum atomic E-state index is 13.7. The van der Waals surface area contributed by atoms with Gasteiger partial charge in [0.2, 0.25) is 0 Å². The molecule has 216 valence electrons. The van der Waals surface area contributed by atoms with E-state index in [0.717, 1.165) is 30.0 Å². The number of carbonyl (C=O) groups excluding carboxylic acids is 1. The predicted octanol–water partition coefficient (Wildman–Crippen LogP) is 7.87. The van der Waals surface area contributed by atoms with E-state index in [1.807, 2.05) is 46.2 Å². The number of carbonyl (C=O) groups is 1. The van der Waals surface area contributed by atoms with Crippen LogP contribution in [0.1, 0.15) is 45.8 Å². The number of aromatic nitrogens is 1. The summed E-state index contributed by atoms with van der Waals surface area (Å²) in [6.07, 6.45) is -0.906. The molecule has 2 aliphatic heterocycles. The Balaban J connectivity index is 1.22. The monoisotopic (exact) mass is 590 g/mol. The average Bonchev–Trinajstić information content (AvgIpc) is 3.01. The first-order valence-electron chi connectivity index (χ1n) is 14.1. The summed E-state index contributed by atoms with van der Waals surface area (Å²) in [6, 6.07) is 23.5. The highest BCUT2D eigenvalue weighted by Crippen LogP contribution is 2.37. The predicted molar refractivity (Wildman–Crippen MR) is 160 cm³/mol. The third-order valence-electron chi connectivity index (χ3n) is 8.11. The van der Waals surface area contributed by atoms with Gasteiger partial charge in [-0.3, -0.25) is 4.79 Å². The van der Waals surface area contributed by atoms with E-state index in [2.05, 4.69) is 34.6 Å². The van der Waals surface area contributed by atoms with Gasteiger partial charge in [-0.25, -0.2) is 4.98 Å². The Kier molecular flexibility index (Phi) is 7.82. The Bertz CT molecular complexity index is 1590. The summed E-state index contributed by atoms with van der Waals surface area (Å²) in [4.78, 5) is 21.8. The van der Waals surface area contributed by atoms with Gasteiger partial charge < -0.3 is 15.1 Å². The van der Waals surface area contributed by atoms with Crippen molar-refractivity contribution in [2.45, 2.75) is 31.5 Å². The van der Waals surface area contributed by atoms with Crippen LogP contribution in [0, 0.1) is 0 Å². The number of likely N-dealkylation sites (tertiary alicyclic amines) is 1. The lowest BCUT2D eigenvalue weighted by atomic mass is 9.89. The molecular weight excluding hydrogens is 561 g/mol. The van der Waals surface area contributed by atoms with Crippen molar-refractivity contribution >= 4 is 29.0 Å². The van der Waals surface area contributed by atoms with Gasteiger partial charge in [-0.05, 0) is 71.8 Å². The van der Waals surface area contributed by atoms with Crippen molar-refractivity contribution in [2.75, 3.05) is 36.4 Å². The molecule has 42 heavy (non-hydrogen) atoms. The number of nitrogens with one attached hydrogen (secondary N) is 1. The van der Waals surface area contributed by atoms with E-state index in [-0.39, 0.29) is 23.0 Å². The van der Waals surface area contributed by atoms with Gasteiger partial charge in [0.05, 0.1) is 11.3 Å². The molecule has 3 heterocycles. The lowest BCUT2D eigenvalue weighted by Crippen LogP contribution is -2.37. The molecule has 0 saturated carbocycles. The van der Waals surface area contributed by atoms with E-state index in [1.165, 1.54) is 17.7 Å². The third-order valence-corrected chi connectivity index (χ3v) is 8.35. The highest BCUT2D eigenvalue weighted by molar-refractivity contribution is 6.30. The minimum Gasteiger partial charge on any atom is -0.367 e. The first-order chi connectivity index (χ1) is 20.3. The van der Waals surface area contributed by atoms with Crippen LogP contribution >= 0.6 is 11.6 Å². The van der Waals surface area contributed by atoms with Gasteiger partial charge in [-0.1, -0.05) is 54.1 Å². The summed E-state index contributed by atoms with van der Waals surface area (Å²) in [6.45, 7) is 2.48. The van der Waals surface area contributed by atoms with Crippen LogP contribution in [-0.2, 0) is 12.7 Å². The second-order valence-electron chi connectivity index (χ2n) is 10.8. The fourth-order valence-corrected chi connectivity index (χ4v) is 6.11. The van der Waals surface area contributed by atoms with E-state index in [9.17, 15) is 18.0 Å². The lowest BCUT2D eigenvalue weighted by Gasteiger charge is -2.33. The Morgan fingerprint density at radius 1 is 0.929 bits per heavy atom. The van der Waals surface area contributed by atoms with Crippen molar-refractivity contribution in [1.29, 1.82) is 0 Å². The van der Waals surface area contributed by atoms with Gasteiger partial charge in [0.25, 0.3) is 5.91 Å². The zero-order valence-corrected chi connectivity index (χ0v) is 23.6. The van der Waals surface area contributed by atoms with Crippen LogP contribution in [0.4, 0.5) is 24.7 Å². The van der Waals surface area contributed by atoms with E-state index < -0.39 is 11.7 Å². The number of fused-ring (bicyclic) bond motifs is 1. The topological polar surface area (TPSA) is 48.5 Å². The van der Waals surface area contributed by atoms with Gasteiger partial charge in [0.1, 0.15) is 5.82 Å². The number of hydrogen-bond donors (Lipinski definition) is 1. The first-order valence-corrected chi connectivity index (χ1v) is 14.4. The molecule has 2 aliphatic rings. The summed E-state index contributed by atoms with van der Waals surface area (Å²) in [7, 11) is 0. The van der Waals surface area contributed by atoms with Crippen molar-refractivity contribution in [3.8, 4) is 11.1 Å². The molecule has 5 nitrogen and oxygen atoms in total. The molecule has 0 bridgehead atoms. The number of anilines is 2. The van der Waals surface area contributed by atoms with Crippen LogP contribution < -0.4 is 10.2 Å². The second-order valence-corrected chi connectivity index (χ2v) is 11.2. The molecular formula is C33H30ClF3N4O. The Morgan fingerprint density at radius 2 is 1.71 bits per heavy atom.